The quantitative estimate of drug-likeness (QED) is 0.835. The lowest BCUT2D eigenvalue weighted by molar-refractivity contribution is 0.0956. The van der Waals surface area contributed by atoms with Crippen molar-refractivity contribution in [2.75, 3.05) is 18.1 Å². The topological polar surface area (TPSA) is 59.1 Å². The van der Waals surface area contributed by atoms with Crippen molar-refractivity contribution in [3.63, 3.8) is 0 Å². The van der Waals surface area contributed by atoms with Gasteiger partial charge in [0.1, 0.15) is 4.60 Å². The van der Waals surface area contributed by atoms with Crippen molar-refractivity contribution < 1.29 is 9.00 Å². The molecule has 0 bridgehead atoms. The number of halogens is 1. The first-order chi connectivity index (χ1) is 7.63. The highest BCUT2D eigenvalue weighted by Gasteiger charge is 2.05. The molecule has 0 aliphatic rings. The number of carbonyl (C=O) groups is 1. The largest absolute Gasteiger partial charge is 0.351 e. The van der Waals surface area contributed by atoms with E-state index in [0.29, 0.717) is 28.2 Å². The molecule has 1 aromatic rings. The Hall–Kier alpha value is -0.750. The maximum atomic E-state index is 11.6. The summed E-state index contributed by atoms with van der Waals surface area (Å²) < 4.78 is 11.8. The molecule has 88 valence electrons. The van der Waals surface area contributed by atoms with Gasteiger partial charge in [0.25, 0.3) is 5.91 Å². The lowest BCUT2D eigenvalue weighted by atomic mass is 10.3. The normalized spacial score (nSPS) is 12.1. The van der Waals surface area contributed by atoms with E-state index in [1.807, 2.05) is 6.92 Å². The Balaban J connectivity index is 2.41. The predicted octanol–water partition coefficient (Wildman–Crippen LogP) is 1.34. The molecule has 0 aromatic carbocycles. The Morgan fingerprint density at radius 2 is 2.31 bits per heavy atom. The van der Waals surface area contributed by atoms with Crippen LogP contribution in [0.1, 0.15) is 17.3 Å². The number of nitrogens with one attached hydrogen (secondary N) is 1. The Morgan fingerprint density at radius 3 is 2.88 bits per heavy atom. The van der Waals surface area contributed by atoms with Crippen molar-refractivity contribution >= 4 is 32.6 Å². The van der Waals surface area contributed by atoms with Crippen LogP contribution < -0.4 is 5.32 Å². The van der Waals surface area contributed by atoms with Crippen LogP contribution >= 0.6 is 15.9 Å². The molecule has 0 spiro atoms. The first-order valence-electron chi connectivity index (χ1n) is 4.88. The summed E-state index contributed by atoms with van der Waals surface area (Å²) in [6, 6.07) is 3.39. The number of aromatic nitrogens is 1. The smallest absolute Gasteiger partial charge is 0.252 e. The van der Waals surface area contributed by atoms with E-state index in [9.17, 15) is 9.00 Å². The molecule has 0 aliphatic heterocycles. The summed E-state index contributed by atoms with van der Waals surface area (Å²) in [5.74, 6) is 0.926. The number of carbonyl (C=O) groups excluding carboxylic acids is 1. The van der Waals surface area contributed by atoms with Crippen LogP contribution in [0.3, 0.4) is 0 Å². The highest BCUT2D eigenvalue weighted by atomic mass is 79.9. The molecule has 0 aliphatic carbocycles. The van der Waals surface area contributed by atoms with Crippen LogP contribution in [-0.2, 0) is 10.8 Å². The molecule has 1 unspecified atom stereocenters. The standard InChI is InChI=1S/C10H13BrN2O2S/c1-2-16(15)6-5-12-10(14)8-3-4-9(11)13-7-8/h3-4,7H,2,5-6H2,1H3,(H,12,14). The van der Waals surface area contributed by atoms with Crippen molar-refractivity contribution in [2.45, 2.75) is 6.92 Å². The van der Waals surface area contributed by atoms with Crippen molar-refractivity contribution in [3.8, 4) is 0 Å². The lowest BCUT2D eigenvalue weighted by Crippen LogP contribution is -2.28. The average molecular weight is 305 g/mol. The van der Waals surface area contributed by atoms with Crippen LogP contribution in [0.5, 0.6) is 0 Å². The van der Waals surface area contributed by atoms with E-state index in [4.69, 9.17) is 0 Å². The Kier molecular flexibility index (Phi) is 5.62. The van der Waals surface area contributed by atoms with Crippen LogP contribution in [0, 0.1) is 0 Å². The first kappa shape index (κ1) is 13.3. The number of amides is 1. The second-order valence-corrected chi connectivity index (χ2v) is 5.74. The van der Waals surface area contributed by atoms with Gasteiger partial charge >= 0.3 is 0 Å². The third kappa shape index (κ3) is 4.40. The summed E-state index contributed by atoms with van der Waals surface area (Å²) in [5.41, 5.74) is 0.505. The van der Waals surface area contributed by atoms with Gasteiger partial charge in [0.2, 0.25) is 0 Å². The maximum absolute atomic E-state index is 11.6. The van der Waals surface area contributed by atoms with Crippen LogP contribution in [0.2, 0.25) is 0 Å². The molecule has 0 fully saturated rings. The monoisotopic (exact) mass is 304 g/mol. The molecule has 0 saturated carbocycles. The molecule has 0 radical (unpaired) electrons. The molecule has 16 heavy (non-hydrogen) atoms. The average Bonchev–Trinajstić information content (AvgIpc) is 2.29. The zero-order chi connectivity index (χ0) is 12.0. The number of hydrogen-bond acceptors (Lipinski definition) is 3. The SMILES string of the molecule is CCS(=O)CCNC(=O)c1ccc(Br)nc1. The molecular formula is C10H13BrN2O2S. The molecule has 1 N–H and O–H groups in total. The summed E-state index contributed by atoms with van der Waals surface area (Å²) in [6.45, 7) is 2.28. The predicted molar refractivity (Wildman–Crippen MR) is 67.8 cm³/mol. The van der Waals surface area contributed by atoms with E-state index in [-0.39, 0.29) is 5.91 Å². The molecule has 1 heterocycles. The van der Waals surface area contributed by atoms with Crippen LogP contribution in [-0.4, -0.2) is 33.2 Å². The molecule has 6 heteroatoms. The van der Waals surface area contributed by atoms with Gasteiger partial charge in [-0.3, -0.25) is 9.00 Å². The van der Waals surface area contributed by atoms with Gasteiger partial charge in [-0.05, 0) is 28.1 Å². The van der Waals surface area contributed by atoms with Gasteiger partial charge in [-0.1, -0.05) is 6.92 Å². The van der Waals surface area contributed by atoms with Crippen molar-refractivity contribution in [2.24, 2.45) is 0 Å². The fraction of sp³-hybridized carbons (Fsp3) is 0.400. The van der Waals surface area contributed by atoms with Crippen molar-refractivity contribution in [3.05, 3.63) is 28.5 Å². The fourth-order valence-electron chi connectivity index (χ4n) is 1.03. The first-order valence-corrected chi connectivity index (χ1v) is 7.16. The molecular weight excluding hydrogens is 292 g/mol. The minimum absolute atomic E-state index is 0.187. The Labute approximate surface area is 105 Å². The second kappa shape index (κ2) is 6.75. The molecule has 0 saturated heterocycles. The molecule has 1 aromatic heterocycles. The van der Waals surface area contributed by atoms with Gasteiger partial charge in [0.05, 0.1) is 5.56 Å². The van der Waals surface area contributed by atoms with E-state index >= 15 is 0 Å². The van der Waals surface area contributed by atoms with Gasteiger partial charge in [0.15, 0.2) is 0 Å². The van der Waals surface area contributed by atoms with Gasteiger partial charge in [-0.2, -0.15) is 0 Å². The summed E-state index contributed by atoms with van der Waals surface area (Å²) in [5, 5.41) is 2.70. The number of pyridine rings is 1. The molecule has 4 nitrogen and oxygen atoms in total. The fourth-order valence-corrected chi connectivity index (χ4v) is 1.89. The van der Waals surface area contributed by atoms with Gasteiger partial charge in [-0.25, -0.2) is 4.98 Å². The zero-order valence-electron chi connectivity index (χ0n) is 8.90. The van der Waals surface area contributed by atoms with Crippen LogP contribution in [0.4, 0.5) is 0 Å². The maximum Gasteiger partial charge on any atom is 0.252 e. The summed E-state index contributed by atoms with van der Waals surface area (Å²) >= 11 is 3.19. The van der Waals surface area contributed by atoms with Crippen LogP contribution in [0.25, 0.3) is 0 Å². The van der Waals surface area contributed by atoms with Crippen LogP contribution in [0.15, 0.2) is 22.9 Å². The third-order valence-corrected chi connectivity index (χ3v) is 3.70. The molecule has 1 atom stereocenters. The van der Waals surface area contributed by atoms with Gasteiger partial charge < -0.3 is 5.32 Å². The summed E-state index contributed by atoms with van der Waals surface area (Å²) in [7, 11) is -0.841. The number of nitrogens with zero attached hydrogens (tertiary/aromatic N) is 1. The molecule has 1 amide bonds. The van der Waals surface area contributed by atoms with E-state index in [2.05, 4.69) is 26.2 Å². The minimum atomic E-state index is -0.841. The minimum Gasteiger partial charge on any atom is -0.351 e. The highest BCUT2D eigenvalue weighted by molar-refractivity contribution is 9.10. The molecule has 1 rings (SSSR count). The second-order valence-electron chi connectivity index (χ2n) is 3.06. The highest BCUT2D eigenvalue weighted by Crippen LogP contribution is 2.05. The Bertz CT molecular complexity index is 381. The van der Waals surface area contributed by atoms with E-state index in [1.54, 1.807) is 12.1 Å². The lowest BCUT2D eigenvalue weighted by Gasteiger charge is -2.04. The zero-order valence-corrected chi connectivity index (χ0v) is 11.3. The third-order valence-electron chi connectivity index (χ3n) is 1.93. The number of hydrogen-bond donors (Lipinski definition) is 1. The summed E-state index contributed by atoms with van der Waals surface area (Å²) in [6.07, 6.45) is 1.50. The van der Waals surface area contributed by atoms with Gasteiger partial charge in [-0.15, -0.1) is 0 Å². The van der Waals surface area contributed by atoms with Crippen molar-refractivity contribution in [1.82, 2.24) is 10.3 Å². The van der Waals surface area contributed by atoms with E-state index < -0.39 is 10.8 Å². The summed E-state index contributed by atoms with van der Waals surface area (Å²) in [4.78, 5) is 15.5. The van der Waals surface area contributed by atoms with Crippen molar-refractivity contribution in [1.29, 1.82) is 0 Å². The van der Waals surface area contributed by atoms with E-state index in [1.165, 1.54) is 6.20 Å². The number of rotatable bonds is 5. The Morgan fingerprint density at radius 1 is 1.56 bits per heavy atom. The van der Waals surface area contributed by atoms with Gasteiger partial charge in [0, 0.05) is 35.0 Å². The van der Waals surface area contributed by atoms with E-state index in [0.717, 1.165) is 0 Å².